The third-order valence-corrected chi connectivity index (χ3v) is 6.58. The summed E-state index contributed by atoms with van der Waals surface area (Å²) in [5, 5.41) is 1.36. The number of thiazole rings is 1. The van der Waals surface area contributed by atoms with Crippen molar-refractivity contribution in [2.24, 2.45) is 0 Å². The molecule has 1 heterocycles. The maximum Gasteiger partial charge on any atom is 0.252 e. The number of halogens is 1. The number of amides is 1. The highest BCUT2D eigenvalue weighted by molar-refractivity contribution is 7.22. The van der Waals surface area contributed by atoms with E-state index in [0.717, 1.165) is 47.0 Å². The monoisotopic (exact) mass is 441 g/mol. The van der Waals surface area contributed by atoms with Crippen LogP contribution in [0.15, 0.2) is 48.5 Å². The Morgan fingerprint density at radius 2 is 1.87 bits per heavy atom. The predicted octanol–water partition coefficient (Wildman–Crippen LogP) is 5.90. The van der Waals surface area contributed by atoms with Crippen LogP contribution in [0.5, 0.6) is 0 Å². The summed E-state index contributed by atoms with van der Waals surface area (Å²) in [6.45, 7) is 9.71. The minimum atomic E-state index is -0.0863. The smallest absolute Gasteiger partial charge is 0.252 e. The zero-order chi connectivity index (χ0) is 21.5. The lowest BCUT2D eigenvalue weighted by Gasteiger charge is -2.23. The fourth-order valence-corrected chi connectivity index (χ4v) is 4.49. The van der Waals surface area contributed by atoms with Gasteiger partial charge in [-0.3, -0.25) is 9.69 Å². The van der Waals surface area contributed by atoms with Crippen LogP contribution in [0, 0.1) is 0 Å². The second-order valence-corrected chi connectivity index (χ2v) is 8.44. The van der Waals surface area contributed by atoms with E-state index in [0.29, 0.717) is 11.6 Å². The van der Waals surface area contributed by atoms with Crippen molar-refractivity contribution >= 4 is 50.3 Å². The van der Waals surface area contributed by atoms with E-state index in [2.05, 4.69) is 37.8 Å². The van der Waals surface area contributed by atoms with Gasteiger partial charge in [-0.15, -0.1) is 0 Å². The molecule has 0 saturated carbocycles. The molecule has 4 nitrogen and oxygen atoms in total. The quantitative estimate of drug-likeness (QED) is 0.388. The van der Waals surface area contributed by atoms with Crippen LogP contribution in [0.25, 0.3) is 16.3 Å². The highest BCUT2D eigenvalue weighted by atomic mass is 35.5. The van der Waals surface area contributed by atoms with Crippen LogP contribution >= 0.6 is 22.9 Å². The summed E-state index contributed by atoms with van der Waals surface area (Å²) in [5.74, 6) is -0.0863. The van der Waals surface area contributed by atoms with Crippen molar-refractivity contribution in [2.75, 3.05) is 31.1 Å². The van der Waals surface area contributed by atoms with Crippen molar-refractivity contribution < 1.29 is 4.79 Å². The van der Waals surface area contributed by atoms with E-state index < -0.39 is 0 Å². The summed E-state index contributed by atoms with van der Waals surface area (Å²) in [6, 6.07) is 13.8. The fraction of sp³-hybridized carbons (Fsp3) is 0.333. The molecule has 0 aliphatic rings. The van der Waals surface area contributed by atoms with Gasteiger partial charge >= 0.3 is 0 Å². The maximum absolute atomic E-state index is 13.2. The first-order valence-corrected chi connectivity index (χ1v) is 11.6. The van der Waals surface area contributed by atoms with E-state index in [1.807, 2.05) is 30.3 Å². The topological polar surface area (TPSA) is 36.4 Å². The number of nitrogens with zero attached hydrogens (tertiary/aromatic N) is 3. The van der Waals surface area contributed by atoms with Crippen LogP contribution in [0.3, 0.4) is 0 Å². The Hall–Kier alpha value is -2.21. The Balaban J connectivity index is 1.89. The molecule has 0 bridgehead atoms. The van der Waals surface area contributed by atoms with E-state index in [1.165, 1.54) is 5.56 Å². The zero-order valence-corrected chi connectivity index (χ0v) is 19.3. The molecule has 3 rings (SSSR count). The minimum absolute atomic E-state index is 0.0863. The van der Waals surface area contributed by atoms with E-state index >= 15 is 0 Å². The molecular formula is C24H28ClN3OS. The molecule has 1 amide bonds. The van der Waals surface area contributed by atoms with Crippen LogP contribution in [0.1, 0.15) is 31.9 Å². The first-order valence-electron chi connectivity index (χ1n) is 10.4. The number of rotatable bonds is 9. The molecule has 0 fully saturated rings. The van der Waals surface area contributed by atoms with Crippen LogP contribution in [-0.2, 0) is 11.2 Å². The number of carbonyl (C=O) groups excluding carboxylic acids is 1. The highest BCUT2D eigenvalue weighted by Crippen LogP contribution is 2.30. The summed E-state index contributed by atoms with van der Waals surface area (Å²) in [7, 11) is 0. The Labute approximate surface area is 187 Å². The largest absolute Gasteiger partial charge is 0.302 e. The third kappa shape index (κ3) is 5.48. The van der Waals surface area contributed by atoms with Crippen molar-refractivity contribution in [3.8, 4) is 0 Å². The van der Waals surface area contributed by atoms with Gasteiger partial charge in [0.25, 0.3) is 5.91 Å². The third-order valence-electron chi connectivity index (χ3n) is 5.19. The molecule has 0 radical (unpaired) electrons. The number of benzene rings is 2. The number of fused-ring (bicyclic) bond motifs is 1. The molecule has 0 aliphatic carbocycles. The molecule has 0 saturated heterocycles. The normalized spacial score (nSPS) is 11.6. The van der Waals surface area contributed by atoms with Gasteiger partial charge in [0, 0.05) is 24.2 Å². The predicted molar refractivity (Wildman–Crippen MR) is 130 cm³/mol. The number of aromatic nitrogens is 1. The molecule has 3 aromatic rings. The lowest BCUT2D eigenvalue weighted by Crippen LogP contribution is -2.38. The molecule has 1 aromatic heterocycles. The van der Waals surface area contributed by atoms with Gasteiger partial charge in [-0.1, -0.05) is 68.0 Å². The molecule has 0 aliphatic heterocycles. The standard InChI is InChI=1S/C24H28ClN3OS/c1-4-18-11-13-21-22(17-18)30-24(26-21)28(16-15-27(5-2)6-3)23(29)14-12-19-9-7-8-10-20(19)25/h7-14,17H,4-6,15-16H2,1-3H3/b14-12+. The number of aryl methyl sites for hydroxylation is 1. The molecule has 2 aromatic carbocycles. The van der Waals surface area contributed by atoms with Gasteiger partial charge in [-0.2, -0.15) is 0 Å². The van der Waals surface area contributed by atoms with Gasteiger partial charge < -0.3 is 4.90 Å². The van der Waals surface area contributed by atoms with E-state index in [9.17, 15) is 4.79 Å². The molecule has 0 atom stereocenters. The zero-order valence-electron chi connectivity index (χ0n) is 17.8. The fourth-order valence-electron chi connectivity index (χ4n) is 3.23. The summed E-state index contributed by atoms with van der Waals surface area (Å²) in [5.41, 5.74) is 3.04. The number of carbonyl (C=O) groups is 1. The molecule has 0 N–H and O–H groups in total. The molecular weight excluding hydrogens is 414 g/mol. The molecule has 0 spiro atoms. The number of likely N-dealkylation sites (N-methyl/N-ethyl adjacent to an activating group) is 1. The van der Waals surface area contributed by atoms with Gasteiger partial charge in [0.2, 0.25) is 0 Å². The van der Waals surface area contributed by atoms with Crippen LogP contribution in [0.4, 0.5) is 5.13 Å². The van der Waals surface area contributed by atoms with Crippen LogP contribution < -0.4 is 4.90 Å². The maximum atomic E-state index is 13.2. The second kappa shape index (κ2) is 10.7. The average molecular weight is 442 g/mol. The minimum Gasteiger partial charge on any atom is -0.302 e. The lowest BCUT2D eigenvalue weighted by molar-refractivity contribution is -0.114. The van der Waals surface area contributed by atoms with Crippen molar-refractivity contribution in [1.29, 1.82) is 0 Å². The molecule has 6 heteroatoms. The van der Waals surface area contributed by atoms with Gasteiger partial charge in [0.15, 0.2) is 5.13 Å². The van der Waals surface area contributed by atoms with Gasteiger partial charge in [0.1, 0.15) is 0 Å². The highest BCUT2D eigenvalue weighted by Gasteiger charge is 2.19. The summed E-state index contributed by atoms with van der Waals surface area (Å²) in [6.07, 6.45) is 4.35. The lowest BCUT2D eigenvalue weighted by atomic mass is 10.2. The Kier molecular flexibility index (Phi) is 8.02. The summed E-state index contributed by atoms with van der Waals surface area (Å²) >= 11 is 7.80. The van der Waals surface area contributed by atoms with E-state index in [4.69, 9.17) is 16.6 Å². The van der Waals surface area contributed by atoms with E-state index in [-0.39, 0.29) is 5.91 Å². The number of anilines is 1. The molecule has 30 heavy (non-hydrogen) atoms. The number of hydrogen-bond donors (Lipinski definition) is 0. The van der Waals surface area contributed by atoms with Gasteiger partial charge in [0.05, 0.1) is 10.2 Å². The first kappa shape index (κ1) is 22.5. The van der Waals surface area contributed by atoms with Gasteiger partial charge in [-0.25, -0.2) is 4.98 Å². The first-order chi connectivity index (χ1) is 14.5. The van der Waals surface area contributed by atoms with Crippen molar-refractivity contribution in [2.45, 2.75) is 27.2 Å². The van der Waals surface area contributed by atoms with Gasteiger partial charge in [-0.05, 0) is 54.9 Å². The Morgan fingerprint density at radius 1 is 1.10 bits per heavy atom. The number of hydrogen-bond acceptors (Lipinski definition) is 4. The Bertz CT molecular complexity index is 1030. The van der Waals surface area contributed by atoms with Crippen LogP contribution in [-0.4, -0.2) is 42.0 Å². The summed E-state index contributed by atoms with van der Waals surface area (Å²) < 4.78 is 1.11. The van der Waals surface area contributed by atoms with Crippen molar-refractivity contribution in [3.63, 3.8) is 0 Å². The molecule has 0 unspecified atom stereocenters. The van der Waals surface area contributed by atoms with Crippen molar-refractivity contribution in [3.05, 3.63) is 64.7 Å². The van der Waals surface area contributed by atoms with E-state index in [1.54, 1.807) is 28.4 Å². The second-order valence-electron chi connectivity index (χ2n) is 7.02. The Morgan fingerprint density at radius 3 is 2.57 bits per heavy atom. The van der Waals surface area contributed by atoms with Crippen LogP contribution in [0.2, 0.25) is 5.02 Å². The van der Waals surface area contributed by atoms with Crippen molar-refractivity contribution in [1.82, 2.24) is 9.88 Å². The SMILES string of the molecule is CCc1ccc2nc(N(CCN(CC)CC)C(=O)/C=C/c3ccccc3Cl)sc2c1. The molecule has 158 valence electrons. The summed E-state index contributed by atoms with van der Waals surface area (Å²) in [4.78, 5) is 22.0. The average Bonchev–Trinajstić information content (AvgIpc) is 3.18.